The number of carboxylic acid groups (broad SMARTS) is 1. The van der Waals surface area contributed by atoms with Gasteiger partial charge in [-0.05, 0) is 60.8 Å². The second-order valence-electron chi connectivity index (χ2n) is 7.71. The van der Waals surface area contributed by atoms with Gasteiger partial charge in [-0.2, -0.15) is 0 Å². The zero-order chi connectivity index (χ0) is 17.0. The number of hydrogen-bond acceptors (Lipinski definition) is 3. The van der Waals surface area contributed by atoms with Gasteiger partial charge in [0.1, 0.15) is 11.8 Å². The maximum absolute atomic E-state index is 11.5. The van der Waals surface area contributed by atoms with E-state index in [0.29, 0.717) is 13.0 Å². The number of nitrogens with one attached hydrogen (secondary N) is 1. The minimum atomic E-state index is -0.778. The van der Waals surface area contributed by atoms with Crippen LogP contribution in [0.1, 0.15) is 56.7 Å². The molecule has 0 spiro atoms. The summed E-state index contributed by atoms with van der Waals surface area (Å²) in [6.45, 7) is 9.83. The minimum absolute atomic E-state index is 0.144. The van der Waals surface area contributed by atoms with Crippen molar-refractivity contribution in [2.75, 3.05) is 6.61 Å². The molecule has 0 aromatic heterocycles. The lowest BCUT2D eigenvalue weighted by molar-refractivity contribution is -0.139. The smallest absolute Gasteiger partial charge is 0.320 e. The zero-order valence-electron chi connectivity index (χ0n) is 14.7. The summed E-state index contributed by atoms with van der Waals surface area (Å²) in [7, 11) is 0. The molecule has 0 bridgehead atoms. The molecular weight excluding hydrogens is 290 g/mol. The lowest BCUT2D eigenvalue weighted by atomic mass is 9.88. The van der Waals surface area contributed by atoms with E-state index >= 15 is 0 Å². The Hall–Kier alpha value is -1.55. The predicted octanol–water partition coefficient (Wildman–Crippen LogP) is 3.69. The van der Waals surface area contributed by atoms with Crippen molar-refractivity contribution in [1.29, 1.82) is 0 Å². The highest BCUT2D eigenvalue weighted by molar-refractivity contribution is 5.73. The van der Waals surface area contributed by atoms with Crippen LogP contribution in [-0.2, 0) is 17.8 Å². The molecule has 128 valence electrons. The molecule has 0 amide bonds. The number of rotatable bonds is 6. The van der Waals surface area contributed by atoms with Crippen LogP contribution in [0, 0.1) is 12.3 Å². The van der Waals surface area contributed by atoms with Gasteiger partial charge in [-0.25, -0.2) is 0 Å². The van der Waals surface area contributed by atoms with Gasteiger partial charge in [0.15, 0.2) is 0 Å². The average Bonchev–Trinajstić information content (AvgIpc) is 2.45. The Bertz CT molecular complexity index is 560. The van der Waals surface area contributed by atoms with E-state index in [4.69, 9.17) is 4.74 Å². The van der Waals surface area contributed by atoms with Crippen LogP contribution in [0.15, 0.2) is 12.1 Å². The van der Waals surface area contributed by atoms with Crippen LogP contribution in [-0.4, -0.2) is 23.7 Å². The van der Waals surface area contributed by atoms with E-state index in [2.05, 4.69) is 45.1 Å². The molecule has 4 heteroatoms. The summed E-state index contributed by atoms with van der Waals surface area (Å²) in [5.74, 6) is 0.190. The second kappa shape index (κ2) is 7.35. The van der Waals surface area contributed by atoms with Crippen LogP contribution in [0.2, 0.25) is 0 Å². The first kappa shape index (κ1) is 17.8. The van der Waals surface area contributed by atoms with E-state index in [-0.39, 0.29) is 5.41 Å². The first-order chi connectivity index (χ1) is 10.8. The van der Waals surface area contributed by atoms with Crippen molar-refractivity contribution >= 4 is 5.97 Å². The van der Waals surface area contributed by atoms with Gasteiger partial charge < -0.3 is 15.2 Å². The summed E-state index contributed by atoms with van der Waals surface area (Å²) < 4.78 is 5.75. The molecule has 0 unspecified atom stereocenters. The summed E-state index contributed by atoms with van der Waals surface area (Å²) in [6.07, 6.45) is 3.65. The van der Waals surface area contributed by atoms with Crippen molar-refractivity contribution in [3.05, 3.63) is 28.8 Å². The number of ether oxygens (including phenoxy) is 1. The summed E-state index contributed by atoms with van der Waals surface area (Å²) in [5, 5.41) is 12.6. The summed E-state index contributed by atoms with van der Waals surface area (Å²) in [6, 6.07) is 3.69. The molecule has 1 aliphatic rings. The first-order valence-electron chi connectivity index (χ1n) is 8.48. The molecule has 0 radical (unpaired) electrons. The molecule has 0 aliphatic carbocycles. The van der Waals surface area contributed by atoms with Crippen molar-refractivity contribution in [2.24, 2.45) is 5.41 Å². The van der Waals surface area contributed by atoms with Gasteiger partial charge in [0.2, 0.25) is 0 Å². The van der Waals surface area contributed by atoms with E-state index < -0.39 is 12.0 Å². The van der Waals surface area contributed by atoms with Crippen LogP contribution in [0.3, 0.4) is 0 Å². The van der Waals surface area contributed by atoms with Gasteiger partial charge in [0.25, 0.3) is 0 Å². The molecule has 1 aromatic carbocycles. The lowest BCUT2D eigenvalue weighted by Crippen LogP contribution is -2.37. The first-order valence-corrected chi connectivity index (χ1v) is 8.48. The Morgan fingerprint density at radius 3 is 2.78 bits per heavy atom. The molecule has 0 saturated heterocycles. The van der Waals surface area contributed by atoms with E-state index in [9.17, 15) is 9.90 Å². The number of aryl methyl sites for hydroxylation is 1. The standard InChI is InChI=1S/C19H29NO3/c1-13-10-14(11-17-15(13)6-5-9-23-17)12-20-16(18(21)22)7-8-19(2,3)4/h10-11,16,20H,5-9,12H2,1-4H3,(H,21,22)/t16-/m0/s1. The molecule has 23 heavy (non-hydrogen) atoms. The monoisotopic (exact) mass is 319 g/mol. The van der Waals surface area contributed by atoms with Gasteiger partial charge in [0.05, 0.1) is 6.61 Å². The third-order valence-corrected chi connectivity index (χ3v) is 4.35. The fourth-order valence-corrected chi connectivity index (χ4v) is 2.97. The summed E-state index contributed by atoms with van der Waals surface area (Å²) in [5.41, 5.74) is 3.76. The fourth-order valence-electron chi connectivity index (χ4n) is 2.97. The highest BCUT2D eigenvalue weighted by atomic mass is 16.5. The molecule has 0 saturated carbocycles. The van der Waals surface area contributed by atoms with E-state index in [1.165, 1.54) is 11.1 Å². The van der Waals surface area contributed by atoms with Gasteiger partial charge >= 0.3 is 5.97 Å². The molecule has 1 aliphatic heterocycles. The molecular formula is C19H29NO3. The number of carbonyl (C=O) groups is 1. The SMILES string of the molecule is Cc1cc(CN[C@@H](CCC(C)(C)C)C(=O)O)cc2c1CCCO2. The molecule has 2 rings (SSSR count). The third-order valence-electron chi connectivity index (χ3n) is 4.35. The summed E-state index contributed by atoms with van der Waals surface area (Å²) in [4.78, 5) is 11.5. The summed E-state index contributed by atoms with van der Waals surface area (Å²) >= 11 is 0. The largest absolute Gasteiger partial charge is 0.493 e. The van der Waals surface area contributed by atoms with E-state index in [1.54, 1.807) is 0 Å². The Balaban J connectivity index is 2.00. The van der Waals surface area contributed by atoms with Gasteiger partial charge in [0, 0.05) is 6.54 Å². The lowest BCUT2D eigenvalue weighted by Gasteiger charge is -2.23. The average molecular weight is 319 g/mol. The van der Waals surface area contributed by atoms with E-state index in [1.807, 2.05) is 0 Å². The van der Waals surface area contributed by atoms with Crippen molar-refractivity contribution < 1.29 is 14.6 Å². The highest BCUT2D eigenvalue weighted by Gasteiger charge is 2.21. The number of carboxylic acids is 1. The fraction of sp³-hybridized carbons (Fsp3) is 0.632. The Kier molecular flexibility index (Phi) is 5.69. The quantitative estimate of drug-likeness (QED) is 0.839. The maximum atomic E-state index is 11.5. The van der Waals surface area contributed by atoms with Crippen LogP contribution in [0.5, 0.6) is 5.75 Å². The van der Waals surface area contributed by atoms with Crippen LogP contribution in [0.25, 0.3) is 0 Å². The molecule has 1 aromatic rings. The second-order valence-corrected chi connectivity index (χ2v) is 7.71. The highest BCUT2D eigenvalue weighted by Crippen LogP contribution is 2.29. The minimum Gasteiger partial charge on any atom is -0.493 e. The van der Waals surface area contributed by atoms with Gasteiger partial charge in [-0.3, -0.25) is 4.79 Å². The molecule has 0 fully saturated rings. The van der Waals surface area contributed by atoms with Gasteiger partial charge in [-0.1, -0.05) is 26.8 Å². The third kappa shape index (κ3) is 5.24. The number of fused-ring (bicyclic) bond motifs is 1. The Morgan fingerprint density at radius 1 is 1.39 bits per heavy atom. The molecule has 4 nitrogen and oxygen atoms in total. The van der Waals surface area contributed by atoms with Crippen LogP contribution in [0.4, 0.5) is 0 Å². The topological polar surface area (TPSA) is 58.6 Å². The molecule has 1 heterocycles. The molecule has 2 N–H and O–H groups in total. The number of aliphatic carboxylic acids is 1. The van der Waals surface area contributed by atoms with E-state index in [0.717, 1.165) is 37.2 Å². The van der Waals surface area contributed by atoms with Crippen molar-refractivity contribution in [1.82, 2.24) is 5.32 Å². The normalized spacial score (nSPS) is 15.7. The van der Waals surface area contributed by atoms with Crippen molar-refractivity contribution in [2.45, 2.75) is 66.0 Å². The van der Waals surface area contributed by atoms with Crippen molar-refractivity contribution in [3.8, 4) is 5.75 Å². The molecule has 1 atom stereocenters. The Morgan fingerprint density at radius 2 is 2.13 bits per heavy atom. The number of benzene rings is 1. The van der Waals surface area contributed by atoms with Gasteiger partial charge in [-0.15, -0.1) is 0 Å². The maximum Gasteiger partial charge on any atom is 0.320 e. The predicted molar refractivity (Wildman–Crippen MR) is 91.9 cm³/mol. The number of hydrogen-bond donors (Lipinski definition) is 2. The zero-order valence-corrected chi connectivity index (χ0v) is 14.7. The van der Waals surface area contributed by atoms with Crippen LogP contribution >= 0.6 is 0 Å². The van der Waals surface area contributed by atoms with Crippen molar-refractivity contribution in [3.63, 3.8) is 0 Å². The van der Waals surface area contributed by atoms with Crippen LogP contribution < -0.4 is 10.1 Å². The Labute approximate surface area is 139 Å².